The lowest BCUT2D eigenvalue weighted by Gasteiger charge is -2.47. The minimum absolute atomic E-state index is 0.148. The van der Waals surface area contributed by atoms with Crippen molar-refractivity contribution in [3.63, 3.8) is 0 Å². The molecule has 3 nitrogen and oxygen atoms in total. The lowest BCUT2D eigenvalue weighted by Crippen LogP contribution is -2.57. The van der Waals surface area contributed by atoms with Crippen LogP contribution in [0.5, 0.6) is 0 Å². The summed E-state index contributed by atoms with van der Waals surface area (Å²) in [6.07, 6.45) is 1.88. The number of ether oxygens (including phenoxy) is 1. The van der Waals surface area contributed by atoms with Crippen molar-refractivity contribution >= 4 is 21.7 Å². The number of aromatic nitrogens is 1. The molecule has 4 heteroatoms. The van der Waals surface area contributed by atoms with Gasteiger partial charge in [0.25, 0.3) is 0 Å². The molecule has 0 spiro atoms. The first-order chi connectivity index (χ1) is 8.19. The SMILES string of the molecule is Cc1cc(N2CC(C)(C)OC(C)(C)C2)ncc1Br. The Kier molecular flexibility index (Phi) is 3.45. The first-order valence-corrected chi connectivity index (χ1v) is 7.05. The smallest absolute Gasteiger partial charge is 0.129 e. The van der Waals surface area contributed by atoms with Crippen molar-refractivity contribution in [2.45, 2.75) is 45.8 Å². The van der Waals surface area contributed by atoms with Gasteiger partial charge in [-0.2, -0.15) is 0 Å². The Hall–Kier alpha value is -0.610. The Morgan fingerprint density at radius 1 is 1.22 bits per heavy atom. The van der Waals surface area contributed by atoms with E-state index in [1.807, 2.05) is 6.20 Å². The van der Waals surface area contributed by atoms with Crippen LogP contribution in [0.2, 0.25) is 0 Å². The number of anilines is 1. The van der Waals surface area contributed by atoms with Gasteiger partial charge in [-0.05, 0) is 62.2 Å². The maximum absolute atomic E-state index is 6.09. The van der Waals surface area contributed by atoms with Gasteiger partial charge in [0.2, 0.25) is 0 Å². The zero-order valence-electron chi connectivity index (χ0n) is 11.7. The summed E-state index contributed by atoms with van der Waals surface area (Å²) in [5, 5.41) is 0. The van der Waals surface area contributed by atoms with Gasteiger partial charge in [0.15, 0.2) is 0 Å². The molecule has 0 unspecified atom stereocenters. The molecule has 1 fully saturated rings. The summed E-state index contributed by atoms with van der Waals surface area (Å²) in [5.74, 6) is 1.03. The number of nitrogens with zero attached hydrogens (tertiary/aromatic N) is 2. The van der Waals surface area contributed by atoms with Gasteiger partial charge in [0.1, 0.15) is 5.82 Å². The van der Waals surface area contributed by atoms with Gasteiger partial charge in [-0.1, -0.05) is 0 Å². The van der Waals surface area contributed by atoms with Crippen LogP contribution in [-0.4, -0.2) is 29.3 Å². The Balaban J connectivity index is 2.29. The van der Waals surface area contributed by atoms with E-state index in [0.29, 0.717) is 0 Å². The highest BCUT2D eigenvalue weighted by Crippen LogP contribution is 2.31. The molecule has 1 aromatic rings. The largest absolute Gasteiger partial charge is 0.366 e. The first kappa shape index (κ1) is 13.8. The number of aryl methyl sites for hydroxylation is 1. The standard InChI is InChI=1S/C14H21BrN2O/c1-10-6-12(16-7-11(10)15)17-8-13(2,3)18-14(4,5)9-17/h6-7H,8-9H2,1-5H3. The molecule has 0 saturated carbocycles. The van der Waals surface area contributed by atoms with Crippen molar-refractivity contribution in [3.05, 3.63) is 22.3 Å². The van der Waals surface area contributed by atoms with Crippen LogP contribution in [-0.2, 0) is 4.74 Å². The summed E-state index contributed by atoms with van der Waals surface area (Å²) in [4.78, 5) is 6.83. The Morgan fingerprint density at radius 3 is 2.28 bits per heavy atom. The predicted molar refractivity (Wildman–Crippen MR) is 78.1 cm³/mol. The highest BCUT2D eigenvalue weighted by Gasteiger charge is 2.38. The maximum Gasteiger partial charge on any atom is 0.129 e. The summed E-state index contributed by atoms with van der Waals surface area (Å²) >= 11 is 3.49. The van der Waals surface area contributed by atoms with E-state index in [2.05, 4.69) is 66.5 Å². The van der Waals surface area contributed by atoms with Crippen LogP contribution in [0.15, 0.2) is 16.7 Å². The fourth-order valence-corrected chi connectivity index (χ4v) is 2.86. The molecule has 0 aromatic carbocycles. The Labute approximate surface area is 118 Å². The van der Waals surface area contributed by atoms with Crippen molar-refractivity contribution in [3.8, 4) is 0 Å². The Bertz CT molecular complexity index is 441. The van der Waals surface area contributed by atoms with Crippen LogP contribution in [0.25, 0.3) is 0 Å². The number of hydrogen-bond donors (Lipinski definition) is 0. The third-order valence-corrected chi connectivity index (χ3v) is 3.88. The molecule has 0 aliphatic carbocycles. The lowest BCUT2D eigenvalue weighted by molar-refractivity contribution is -0.133. The second-order valence-corrected chi connectivity index (χ2v) is 7.12. The fraction of sp³-hybridized carbons (Fsp3) is 0.643. The number of hydrogen-bond acceptors (Lipinski definition) is 3. The molecule has 1 saturated heterocycles. The average molecular weight is 313 g/mol. The number of rotatable bonds is 1. The molecule has 1 aliphatic heterocycles. The maximum atomic E-state index is 6.09. The molecule has 0 N–H and O–H groups in total. The lowest BCUT2D eigenvalue weighted by atomic mass is 9.99. The second-order valence-electron chi connectivity index (χ2n) is 6.27. The zero-order chi connectivity index (χ0) is 13.6. The van der Waals surface area contributed by atoms with Crippen LogP contribution >= 0.6 is 15.9 Å². The van der Waals surface area contributed by atoms with Crippen LogP contribution < -0.4 is 4.90 Å². The van der Waals surface area contributed by atoms with E-state index in [0.717, 1.165) is 23.4 Å². The number of halogens is 1. The van der Waals surface area contributed by atoms with E-state index in [-0.39, 0.29) is 11.2 Å². The molecule has 0 atom stereocenters. The molecule has 0 amide bonds. The monoisotopic (exact) mass is 312 g/mol. The minimum Gasteiger partial charge on any atom is -0.366 e. The van der Waals surface area contributed by atoms with Crippen molar-refractivity contribution < 1.29 is 4.74 Å². The molecule has 18 heavy (non-hydrogen) atoms. The fourth-order valence-electron chi connectivity index (χ4n) is 2.65. The summed E-state index contributed by atoms with van der Waals surface area (Å²) in [5.41, 5.74) is 0.913. The van der Waals surface area contributed by atoms with E-state index in [1.54, 1.807) is 0 Å². The predicted octanol–water partition coefficient (Wildman–Crippen LogP) is 3.55. The zero-order valence-corrected chi connectivity index (χ0v) is 13.3. The average Bonchev–Trinajstić information content (AvgIpc) is 2.17. The summed E-state index contributed by atoms with van der Waals surface area (Å²) < 4.78 is 7.14. The van der Waals surface area contributed by atoms with Gasteiger partial charge in [0, 0.05) is 23.8 Å². The van der Waals surface area contributed by atoms with Crippen LogP contribution in [0.1, 0.15) is 33.3 Å². The summed E-state index contributed by atoms with van der Waals surface area (Å²) in [7, 11) is 0. The first-order valence-electron chi connectivity index (χ1n) is 6.26. The number of pyridine rings is 1. The van der Waals surface area contributed by atoms with Gasteiger partial charge in [-0.15, -0.1) is 0 Å². The highest BCUT2D eigenvalue weighted by molar-refractivity contribution is 9.10. The summed E-state index contributed by atoms with van der Waals surface area (Å²) in [6, 6.07) is 2.13. The van der Waals surface area contributed by atoms with Gasteiger partial charge in [-0.25, -0.2) is 4.98 Å². The van der Waals surface area contributed by atoms with Crippen LogP contribution in [0.3, 0.4) is 0 Å². The Morgan fingerprint density at radius 2 is 1.78 bits per heavy atom. The van der Waals surface area contributed by atoms with Gasteiger partial charge >= 0.3 is 0 Å². The molecule has 0 radical (unpaired) electrons. The molecule has 0 bridgehead atoms. The van der Waals surface area contributed by atoms with Crippen molar-refractivity contribution in [2.24, 2.45) is 0 Å². The topological polar surface area (TPSA) is 25.4 Å². The summed E-state index contributed by atoms with van der Waals surface area (Å²) in [6.45, 7) is 12.3. The van der Waals surface area contributed by atoms with Crippen LogP contribution in [0.4, 0.5) is 5.82 Å². The highest BCUT2D eigenvalue weighted by atomic mass is 79.9. The van der Waals surface area contributed by atoms with Crippen LogP contribution in [0, 0.1) is 6.92 Å². The van der Waals surface area contributed by atoms with Gasteiger partial charge in [-0.3, -0.25) is 0 Å². The van der Waals surface area contributed by atoms with E-state index in [4.69, 9.17) is 4.74 Å². The van der Waals surface area contributed by atoms with E-state index in [1.165, 1.54) is 5.56 Å². The van der Waals surface area contributed by atoms with Crippen molar-refractivity contribution in [1.29, 1.82) is 0 Å². The number of morpholine rings is 1. The molecule has 1 aromatic heterocycles. The van der Waals surface area contributed by atoms with Gasteiger partial charge in [0.05, 0.1) is 11.2 Å². The minimum atomic E-state index is -0.148. The van der Waals surface area contributed by atoms with E-state index < -0.39 is 0 Å². The second kappa shape index (κ2) is 4.49. The molecule has 2 heterocycles. The van der Waals surface area contributed by atoms with E-state index >= 15 is 0 Å². The molecule has 1 aliphatic rings. The molecular weight excluding hydrogens is 292 g/mol. The van der Waals surface area contributed by atoms with Crippen molar-refractivity contribution in [1.82, 2.24) is 4.98 Å². The third kappa shape index (κ3) is 3.04. The quantitative estimate of drug-likeness (QED) is 0.793. The molecule has 100 valence electrons. The third-order valence-electron chi connectivity index (χ3n) is 3.05. The van der Waals surface area contributed by atoms with Gasteiger partial charge < -0.3 is 9.64 Å². The van der Waals surface area contributed by atoms with Crippen molar-refractivity contribution in [2.75, 3.05) is 18.0 Å². The normalized spacial score (nSPS) is 22.0. The molecule has 2 rings (SSSR count). The van der Waals surface area contributed by atoms with E-state index in [9.17, 15) is 0 Å². The molecular formula is C14H21BrN2O.